The minimum Gasteiger partial charge on any atom is -0.497 e. The minimum absolute atomic E-state index is 0. The molecule has 2 aliphatic rings. The van der Waals surface area contributed by atoms with Crippen molar-refractivity contribution >= 4 is 22.2 Å². The molecule has 0 aromatic heterocycles. The molecule has 0 spiro atoms. The van der Waals surface area contributed by atoms with E-state index in [0.29, 0.717) is 36.1 Å². The number of fused-ring (bicyclic) bond motifs is 1. The Morgan fingerprint density at radius 3 is 2.11 bits per heavy atom. The van der Waals surface area contributed by atoms with Crippen LogP contribution in [0.3, 0.4) is 0 Å². The van der Waals surface area contributed by atoms with Gasteiger partial charge in [-0.05, 0) is 73.7 Å². The van der Waals surface area contributed by atoms with Crippen LogP contribution in [0, 0.1) is 5.92 Å². The van der Waals surface area contributed by atoms with Gasteiger partial charge >= 0.3 is 0 Å². The van der Waals surface area contributed by atoms with Gasteiger partial charge in [0.05, 0.1) is 28.4 Å². The molecule has 194 valence electrons. The standard InChI is InChI=1S/C25H34N2O6S.ClH/c1-30-20-5-6-21(31-2)24(15-20)34(28,29)25(17-7-10-26-11-8-17)27-12-9-18-13-22(32-3)23(33-4)14-19(18)16-27;/h5-6,13-15,17,25-26H,7-12,16H2,1-4H3;1H. The summed E-state index contributed by atoms with van der Waals surface area (Å²) in [5, 5.41) is 2.69. The molecule has 2 heterocycles. The van der Waals surface area contributed by atoms with E-state index < -0.39 is 15.2 Å². The van der Waals surface area contributed by atoms with Gasteiger partial charge in [0.1, 0.15) is 21.8 Å². The molecule has 0 bridgehead atoms. The van der Waals surface area contributed by atoms with E-state index in [1.165, 1.54) is 14.2 Å². The Bertz CT molecular complexity index is 1120. The van der Waals surface area contributed by atoms with E-state index in [2.05, 4.69) is 10.2 Å². The van der Waals surface area contributed by atoms with Crippen molar-refractivity contribution in [3.05, 3.63) is 41.5 Å². The van der Waals surface area contributed by atoms with Crippen LogP contribution in [0.25, 0.3) is 0 Å². The summed E-state index contributed by atoms with van der Waals surface area (Å²) in [5.41, 5.74) is 2.23. The van der Waals surface area contributed by atoms with Crippen LogP contribution in [-0.4, -0.2) is 66.8 Å². The van der Waals surface area contributed by atoms with Gasteiger partial charge in [-0.25, -0.2) is 8.42 Å². The van der Waals surface area contributed by atoms with Gasteiger partial charge in [0.25, 0.3) is 0 Å². The van der Waals surface area contributed by atoms with Crippen LogP contribution in [-0.2, 0) is 22.8 Å². The summed E-state index contributed by atoms with van der Waals surface area (Å²) in [6, 6.07) is 8.93. The molecule has 1 saturated heterocycles. The second kappa shape index (κ2) is 11.7. The number of hydrogen-bond donors (Lipinski definition) is 1. The quantitative estimate of drug-likeness (QED) is 0.561. The smallest absolute Gasteiger partial charge is 0.198 e. The van der Waals surface area contributed by atoms with Crippen LogP contribution >= 0.6 is 12.4 Å². The fourth-order valence-corrected chi connectivity index (χ4v) is 7.46. The topological polar surface area (TPSA) is 86.3 Å². The lowest BCUT2D eigenvalue weighted by Crippen LogP contribution is -2.50. The lowest BCUT2D eigenvalue weighted by atomic mass is 9.94. The third kappa shape index (κ3) is 5.48. The monoisotopic (exact) mass is 526 g/mol. The summed E-state index contributed by atoms with van der Waals surface area (Å²) in [6.07, 6.45) is 2.33. The number of halogens is 1. The van der Waals surface area contributed by atoms with E-state index in [0.717, 1.165) is 43.5 Å². The predicted octanol–water partition coefficient (Wildman–Crippen LogP) is 3.30. The second-order valence-corrected chi connectivity index (χ2v) is 10.7. The molecule has 4 rings (SSSR count). The highest BCUT2D eigenvalue weighted by molar-refractivity contribution is 7.92. The maximum atomic E-state index is 14.3. The number of nitrogens with zero attached hydrogens (tertiary/aromatic N) is 1. The van der Waals surface area contributed by atoms with Crippen LogP contribution in [0.5, 0.6) is 23.0 Å². The highest BCUT2D eigenvalue weighted by Crippen LogP contribution is 2.39. The van der Waals surface area contributed by atoms with E-state index in [1.807, 2.05) is 12.1 Å². The van der Waals surface area contributed by atoms with Gasteiger partial charge in [-0.1, -0.05) is 0 Å². The molecule has 2 aromatic carbocycles. The lowest BCUT2D eigenvalue weighted by Gasteiger charge is -2.41. The van der Waals surface area contributed by atoms with E-state index >= 15 is 0 Å². The maximum Gasteiger partial charge on any atom is 0.198 e. The van der Waals surface area contributed by atoms with Gasteiger partial charge in [0.2, 0.25) is 0 Å². The number of nitrogens with one attached hydrogen (secondary N) is 1. The summed E-state index contributed by atoms with van der Waals surface area (Å²) < 4.78 is 50.3. The van der Waals surface area contributed by atoms with E-state index in [1.54, 1.807) is 32.4 Å². The Kier molecular flexibility index (Phi) is 9.15. The first-order chi connectivity index (χ1) is 16.4. The fourth-order valence-electron chi connectivity index (χ4n) is 5.14. The number of rotatable bonds is 8. The Morgan fingerprint density at radius 1 is 0.886 bits per heavy atom. The molecular weight excluding hydrogens is 492 g/mol. The Balaban J connectivity index is 0.00000342. The molecule has 1 N–H and O–H groups in total. The number of methoxy groups -OCH3 is 4. The van der Waals surface area contributed by atoms with Crippen LogP contribution in [0.4, 0.5) is 0 Å². The summed E-state index contributed by atoms with van der Waals surface area (Å²) in [7, 11) is 2.50. The van der Waals surface area contributed by atoms with Crippen molar-refractivity contribution in [3.63, 3.8) is 0 Å². The van der Waals surface area contributed by atoms with Crippen molar-refractivity contribution in [1.82, 2.24) is 10.2 Å². The first-order valence-electron chi connectivity index (χ1n) is 11.6. The van der Waals surface area contributed by atoms with Crippen LogP contribution in [0.2, 0.25) is 0 Å². The zero-order valence-electron chi connectivity index (χ0n) is 20.7. The van der Waals surface area contributed by atoms with Crippen molar-refractivity contribution in [2.24, 2.45) is 5.92 Å². The molecule has 10 heteroatoms. The van der Waals surface area contributed by atoms with Gasteiger partial charge in [0, 0.05) is 19.2 Å². The number of ether oxygens (including phenoxy) is 4. The number of piperidine rings is 1. The van der Waals surface area contributed by atoms with Gasteiger partial charge < -0.3 is 24.3 Å². The van der Waals surface area contributed by atoms with Gasteiger partial charge in [-0.15, -0.1) is 12.4 Å². The van der Waals surface area contributed by atoms with Crippen molar-refractivity contribution < 1.29 is 27.4 Å². The van der Waals surface area contributed by atoms with Crippen LogP contribution in [0.1, 0.15) is 24.0 Å². The fraction of sp³-hybridized carbons (Fsp3) is 0.520. The molecule has 1 unspecified atom stereocenters. The van der Waals surface area contributed by atoms with Crippen molar-refractivity contribution in [2.75, 3.05) is 48.1 Å². The first-order valence-corrected chi connectivity index (χ1v) is 13.1. The molecule has 2 aromatic rings. The zero-order chi connectivity index (χ0) is 24.3. The molecule has 0 amide bonds. The molecule has 0 radical (unpaired) electrons. The third-order valence-corrected chi connectivity index (χ3v) is 9.14. The molecular formula is C25H35ClN2O6S. The van der Waals surface area contributed by atoms with Crippen LogP contribution in [0.15, 0.2) is 35.2 Å². The normalized spacial score (nSPS) is 17.6. The third-order valence-electron chi connectivity index (χ3n) is 6.89. The van der Waals surface area contributed by atoms with Gasteiger partial charge in [0.15, 0.2) is 21.3 Å². The molecule has 1 atom stereocenters. The summed E-state index contributed by atoms with van der Waals surface area (Å²) in [6.45, 7) is 2.78. The zero-order valence-corrected chi connectivity index (χ0v) is 22.3. The number of sulfone groups is 1. The maximum absolute atomic E-state index is 14.3. The molecule has 0 aliphatic carbocycles. The van der Waals surface area contributed by atoms with Crippen molar-refractivity contribution in [2.45, 2.75) is 36.1 Å². The molecule has 0 saturated carbocycles. The van der Waals surface area contributed by atoms with E-state index in [4.69, 9.17) is 18.9 Å². The molecule has 2 aliphatic heterocycles. The summed E-state index contributed by atoms with van der Waals surface area (Å²) in [5.74, 6) is 2.17. The van der Waals surface area contributed by atoms with E-state index in [9.17, 15) is 8.42 Å². The Labute approximate surface area is 214 Å². The van der Waals surface area contributed by atoms with Crippen molar-refractivity contribution in [1.29, 1.82) is 0 Å². The van der Waals surface area contributed by atoms with Gasteiger partial charge in [-0.2, -0.15) is 0 Å². The predicted molar refractivity (Wildman–Crippen MR) is 137 cm³/mol. The summed E-state index contributed by atoms with van der Waals surface area (Å²) in [4.78, 5) is 2.29. The molecule has 35 heavy (non-hydrogen) atoms. The number of benzene rings is 2. The largest absolute Gasteiger partial charge is 0.497 e. The summed E-state index contributed by atoms with van der Waals surface area (Å²) >= 11 is 0. The lowest BCUT2D eigenvalue weighted by molar-refractivity contribution is 0.159. The Hall–Kier alpha value is -2.20. The number of hydrogen-bond acceptors (Lipinski definition) is 8. The second-order valence-electron chi connectivity index (χ2n) is 8.74. The average molecular weight is 527 g/mol. The molecule has 8 nitrogen and oxygen atoms in total. The van der Waals surface area contributed by atoms with Crippen LogP contribution < -0.4 is 24.3 Å². The minimum atomic E-state index is -3.77. The highest BCUT2D eigenvalue weighted by atomic mass is 35.5. The van der Waals surface area contributed by atoms with Crippen molar-refractivity contribution in [3.8, 4) is 23.0 Å². The SMILES string of the molecule is COc1ccc(OC)c(S(=O)(=O)C(C2CCNCC2)N2CCc3cc(OC)c(OC)cc3C2)c1.Cl. The Morgan fingerprint density at radius 2 is 1.51 bits per heavy atom. The van der Waals surface area contributed by atoms with Gasteiger partial charge in [-0.3, -0.25) is 4.90 Å². The molecule has 1 fully saturated rings. The van der Waals surface area contributed by atoms with E-state index in [-0.39, 0.29) is 23.2 Å². The first kappa shape index (κ1) is 27.4. The highest BCUT2D eigenvalue weighted by Gasteiger charge is 2.42. The average Bonchev–Trinajstić information content (AvgIpc) is 2.87.